The number of aromatic nitrogens is 3. The molecule has 1 N–H and O–H groups in total. The predicted molar refractivity (Wildman–Crippen MR) is 108 cm³/mol. The summed E-state index contributed by atoms with van der Waals surface area (Å²) in [4.78, 5) is 12.3. The third kappa shape index (κ3) is 3.21. The summed E-state index contributed by atoms with van der Waals surface area (Å²) < 4.78 is 0. The summed E-state index contributed by atoms with van der Waals surface area (Å²) >= 11 is 18.6. The minimum Gasteiger partial charge on any atom is -0.337 e. The van der Waals surface area contributed by atoms with Gasteiger partial charge in [-0.2, -0.15) is 0 Å². The zero-order valence-corrected chi connectivity index (χ0v) is 15.6. The van der Waals surface area contributed by atoms with Crippen molar-refractivity contribution in [1.29, 1.82) is 0 Å². The normalized spacial score (nSPS) is 10.9. The van der Waals surface area contributed by atoms with E-state index in [0.29, 0.717) is 20.9 Å². The van der Waals surface area contributed by atoms with Crippen LogP contribution >= 0.6 is 34.8 Å². The number of aromatic amines is 1. The molecule has 0 saturated carbocycles. The number of hydrogen-bond donors (Lipinski definition) is 1. The monoisotopic (exact) mass is 399 g/mol. The molecule has 2 aromatic carbocycles. The molecule has 128 valence electrons. The van der Waals surface area contributed by atoms with Gasteiger partial charge in [0.05, 0.1) is 21.4 Å². The molecule has 0 fully saturated rings. The van der Waals surface area contributed by atoms with Crippen LogP contribution in [0.4, 0.5) is 0 Å². The van der Waals surface area contributed by atoms with Crippen LogP contribution in [0.5, 0.6) is 0 Å². The zero-order valence-electron chi connectivity index (χ0n) is 13.4. The van der Waals surface area contributed by atoms with Gasteiger partial charge >= 0.3 is 0 Å². The van der Waals surface area contributed by atoms with Crippen LogP contribution in [0.2, 0.25) is 15.1 Å². The van der Waals surface area contributed by atoms with Crippen LogP contribution in [0.15, 0.2) is 67.0 Å². The molecule has 0 unspecified atom stereocenters. The van der Waals surface area contributed by atoms with Gasteiger partial charge in [0.2, 0.25) is 0 Å². The van der Waals surface area contributed by atoms with Crippen LogP contribution in [0.3, 0.4) is 0 Å². The maximum Gasteiger partial charge on any atom is 0.140 e. The first kappa shape index (κ1) is 17.1. The van der Waals surface area contributed by atoms with E-state index in [2.05, 4.69) is 9.97 Å². The van der Waals surface area contributed by atoms with E-state index >= 15 is 0 Å². The second-order valence-corrected chi connectivity index (χ2v) is 6.87. The first-order chi connectivity index (χ1) is 12.6. The van der Waals surface area contributed by atoms with Crippen LogP contribution in [0, 0.1) is 0 Å². The molecule has 0 amide bonds. The molecule has 0 aliphatic rings. The highest BCUT2D eigenvalue weighted by molar-refractivity contribution is 6.43. The lowest BCUT2D eigenvalue weighted by atomic mass is 10.1. The second-order valence-electron chi connectivity index (χ2n) is 5.65. The lowest BCUT2D eigenvalue weighted by Crippen LogP contribution is -1.84. The number of benzene rings is 2. The van der Waals surface area contributed by atoms with Crippen molar-refractivity contribution >= 4 is 34.8 Å². The Morgan fingerprint density at radius 1 is 0.769 bits per heavy atom. The quantitative estimate of drug-likeness (QED) is 0.412. The van der Waals surface area contributed by atoms with Gasteiger partial charge in [-0.1, -0.05) is 53.0 Å². The van der Waals surface area contributed by atoms with Gasteiger partial charge in [0.15, 0.2) is 0 Å². The number of nitrogens with one attached hydrogen (secondary N) is 1. The van der Waals surface area contributed by atoms with Crippen molar-refractivity contribution in [3.8, 4) is 33.9 Å². The molecule has 4 aromatic rings. The van der Waals surface area contributed by atoms with Crippen LogP contribution in [0.1, 0.15) is 0 Å². The van der Waals surface area contributed by atoms with E-state index in [0.717, 1.165) is 28.1 Å². The van der Waals surface area contributed by atoms with Gasteiger partial charge in [-0.3, -0.25) is 4.98 Å². The lowest BCUT2D eigenvalue weighted by Gasteiger charge is -2.03. The number of H-pyrrole nitrogens is 1. The van der Waals surface area contributed by atoms with Gasteiger partial charge in [0.25, 0.3) is 0 Å². The molecule has 0 aliphatic heterocycles. The number of nitrogens with zero attached hydrogens (tertiary/aromatic N) is 2. The lowest BCUT2D eigenvalue weighted by molar-refractivity contribution is 1.30. The summed E-state index contributed by atoms with van der Waals surface area (Å²) in [5.74, 6) is 0.647. The average Bonchev–Trinajstić information content (AvgIpc) is 3.10. The fourth-order valence-electron chi connectivity index (χ4n) is 2.73. The Balaban J connectivity index is 1.93. The molecular formula is C20H12Cl3N3. The van der Waals surface area contributed by atoms with E-state index in [1.165, 1.54) is 0 Å². The smallest absolute Gasteiger partial charge is 0.140 e. The second kappa shape index (κ2) is 7.12. The minimum atomic E-state index is 0.465. The molecule has 6 heteroatoms. The van der Waals surface area contributed by atoms with Crippen LogP contribution in [0.25, 0.3) is 33.9 Å². The highest BCUT2D eigenvalue weighted by Gasteiger charge is 2.17. The Labute approximate surface area is 165 Å². The van der Waals surface area contributed by atoms with Crippen molar-refractivity contribution in [3.63, 3.8) is 0 Å². The minimum absolute atomic E-state index is 0.465. The molecular weight excluding hydrogens is 389 g/mol. The Kier molecular flexibility index (Phi) is 4.68. The highest BCUT2D eigenvalue weighted by atomic mass is 35.5. The fourth-order valence-corrected chi connectivity index (χ4v) is 3.25. The number of hydrogen-bond acceptors (Lipinski definition) is 2. The van der Waals surface area contributed by atoms with Gasteiger partial charge in [-0.15, -0.1) is 0 Å². The summed E-state index contributed by atoms with van der Waals surface area (Å²) in [6.07, 6.45) is 3.49. The van der Waals surface area contributed by atoms with E-state index in [1.54, 1.807) is 18.5 Å². The van der Waals surface area contributed by atoms with E-state index in [1.807, 2.05) is 48.5 Å². The largest absolute Gasteiger partial charge is 0.337 e. The zero-order chi connectivity index (χ0) is 18.1. The number of halogens is 3. The average molecular weight is 401 g/mol. The predicted octanol–water partition coefficient (Wildman–Crippen LogP) is 6.77. The first-order valence-electron chi connectivity index (χ1n) is 7.84. The first-order valence-corrected chi connectivity index (χ1v) is 8.97. The number of rotatable bonds is 3. The molecule has 0 atom stereocenters. The van der Waals surface area contributed by atoms with E-state index in [9.17, 15) is 0 Å². The van der Waals surface area contributed by atoms with Gasteiger partial charge in [-0.05, 0) is 36.4 Å². The van der Waals surface area contributed by atoms with Crippen molar-refractivity contribution in [2.45, 2.75) is 0 Å². The van der Waals surface area contributed by atoms with Crippen molar-refractivity contribution in [3.05, 3.63) is 82.1 Å². The van der Waals surface area contributed by atoms with Crippen LogP contribution in [-0.2, 0) is 0 Å². The summed E-state index contributed by atoms with van der Waals surface area (Å²) in [5.41, 5.74) is 4.35. The summed E-state index contributed by atoms with van der Waals surface area (Å²) in [6.45, 7) is 0. The van der Waals surface area contributed by atoms with Gasteiger partial charge in [0.1, 0.15) is 5.82 Å². The molecule has 4 rings (SSSR count). The molecule has 0 aliphatic carbocycles. The van der Waals surface area contributed by atoms with Gasteiger partial charge in [0, 0.05) is 34.1 Å². The standard InChI is InChI=1S/C20H12Cl3N3/c21-14-6-4-12(5-7-14)18-19(13-8-10-24-11-9-13)26-20(25-18)15-2-1-3-16(22)17(15)23/h1-11H,(H,25,26). The number of pyridine rings is 1. The molecule has 0 radical (unpaired) electrons. The molecule has 0 spiro atoms. The maximum absolute atomic E-state index is 6.38. The summed E-state index contributed by atoms with van der Waals surface area (Å²) in [7, 11) is 0. The molecule has 2 heterocycles. The highest BCUT2D eigenvalue weighted by Crippen LogP contribution is 2.37. The van der Waals surface area contributed by atoms with E-state index in [4.69, 9.17) is 39.8 Å². The van der Waals surface area contributed by atoms with Crippen LogP contribution in [-0.4, -0.2) is 15.0 Å². The van der Waals surface area contributed by atoms with Gasteiger partial charge < -0.3 is 4.98 Å². The summed E-state index contributed by atoms with van der Waals surface area (Å²) in [5, 5.41) is 1.62. The van der Waals surface area contributed by atoms with E-state index < -0.39 is 0 Å². The maximum atomic E-state index is 6.38. The Morgan fingerprint density at radius 2 is 1.50 bits per heavy atom. The third-order valence-electron chi connectivity index (χ3n) is 4.00. The molecule has 3 nitrogen and oxygen atoms in total. The van der Waals surface area contributed by atoms with Crippen molar-refractivity contribution in [1.82, 2.24) is 15.0 Å². The molecule has 2 aromatic heterocycles. The SMILES string of the molecule is Clc1ccc(-c2nc(-c3cccc(Cl)c3Cl)[nH]c2-c2ccncc2)cc1. The van der Waals surface area contributed by atoms with Gasteiger partial charge in [-0.25, -0.2) is 4.98 Å². The topological polar surface area (TPSA) is 41.6 Å². The van der Waals surface area contributed by atoms with Crippen molar-refractivity contribution in [2.75, 3.05) is 0 Å². The van der Waals surface area contributed by atoms with Crippen molar-refractivity contribution < 1.29 is 0 Å². The number of imidazole rings is 1. The van der Waals surface area contributed by atoms with E-state index in [-0.39, 0.29) is 0 Å². The fraction of sp³-hybridized carbons (Fsp3) is 0. The molecule has 0 saturated heterocycles. The Morgan fingerprint density at radius 3 is 2.23 bits per heavy atom. The third-order valence-corrected chi connectivity index (χ3v) is 5.07. The van der Waals surface area contributed by atoms with Crippen LogP contribution < -0.4 is 0 Å². The Hall–Kier alpha value is -2.33. The molecule has 0 bridgehead atoms. The molecule has 26 heavy (non-hydrogen) atoms. The van der Waals surface area contributed by atoms with Crippen molar-refractivity contribution in [2.24, 2.45) is 0 Å². The Bertz CT molecular complexity index is 1060. The summed E-state index contributed by atoms with van der Waals surface area (Å²) in [6, 6.07) is 16.9.